The molecule has 4 heterocycles. The average Bonchev–Trinajstić information content (AvgIpc) is 1.56. The number of aliphatic hydroxyl groups is 1. The zero-order valence-corrected chi connectivity index (χ0v) is 87.6. The molecule has 146 heavy (non-hydrogen) atoms. The number of fused-ring (bicyclic) bond motifs is 1. The minimum absolute atomic E-state index is 0.00711. The van der Waals surface area contributed by atoms with Crippen LogP contribution in [0.4, 0.5) is 31.2 Å². The summed E-state index contributed by atoms with van der Waals surface area (Å²) in [7, 11) is -0.559. The summed E-state index contributed by atoms with van der Waals surface area (Å²) in [6, 6.07) is 13.6. The maximum absolute atomic E-state index is 15.0. The highest BCUT2D eigenvalue weighted by Crippen LogP contribution is 2.45. The molecule has 13 amide bonds. The Labute approximate surface area is 858 Å². The number of nitrogens with zero attached hydrogens (tertiary/aromatic N) is 6. The normalized spacial score (nSPS) is 15.7. The zero-order valence-electron chi connectivity index (χ0n) is 86.0. The third kappa shape index (κ3) is 36.9. The number of imidazole rings is 1. The van der Waals surface area contributed by atoms with Crippen molar-refractivity contribution in [3.05, 3.63) is 124 Å². The van der Waals surface area contributed by atoms with Crippen LogP contribution in [0.3, 0.4) is 0 Å². The number of hydrogen-bond donors (Lipinski definition) is 16. The summed E-state index contributed by atoms with van der Waals surface area (Å²) in [4.78, 5) is 186. The number of carbonyl (C=O) groups is 12. The monoisotopic (exact) mass is 2080 g/mol. The summed E-state index contributed by atoms with van der Waals surface area (Å²) in [5, 5.41) is 38.6. The largest absolute Gasteiger partial charge is 0.445 e. The minimum atomic E-state index is -4.98. The molecule has 6 aromatic rings. The Bertz CT molecular complexity index is 5430. The number of aromatic amines is 1. The number of carbonyl (C=O) groups excluding carboxylic acids is 12. The quantitative estimate of drug-likeness (QED) is 0.0139. The van der Waals surface area contributed by atoms with E-state index in [1.165, 1.54) is 63.2 Å². The number of likely N-dealkylation sites (N-methyl/N-ethyl adjacent to an activating group) is 2. The van der Waals surface area contributed by atoms with Crippen LogP contribution in [0.25, 0.3) is 33.5 Å². The maximum atomic E-state index is 15.0. The van der Waals surface area contributed by atoms with E-state index in [1.54, 1.807) is 84.0 Å². The van der Waals surface area contributed by atoms with Crippen molar-refractivity contribution < 1.29 is 108 Å². The lowest BCUT2D eigenvalue weighted by molar-refractivity contribution is -0.146. The predicted octanol–water partition coefficient (Wildman–Crippen LogP) is 6.74. The van der Waals surface area contributed by atoms with Crippen molar-refractivity contribution in [1.82, 2.24) is 72.2 Å². The molecular weight excluding hydrogens is 1930 g/mol. The number of pyridine rings is 1. The molecule has 8 rings (SSSR count). The van der Waals surface area contributed by atoms with E-state index in [0.29, 0.717) is 89.8 Å². The first-order chi connectivity index (χ1) is 69.4. The molecule has 12 atom stereocenters. The van der Waals surface area contributed by atoms with Crippen LogP contribution < -0.4 is 75.3 Å². The second-order valence-corrected chi connectivity index (χ2v) is 40.1. The van der Waals surface area contributed by atoms with Gasteiger partial charge in [0.1, 0.15) is 60.0 Å². The van der Waals surface area contributed by atoms with Crippen LogP contribution in [-0.4, -0.2) is 312 Å². The van der Waals surface area contributed by atoms with Gasteiger partial charge < -0.3 is 124 Å². The Hall–Kier alpha value is -11.9. The molecule has 2 aromatic heterocycles. The second kappa shape index (κ2) is 59.2. The average molecular weight is 2080 g/mol. The van der Waals surface area contributed by atoms with Crippen LogP contribution >= 0.6 is 11.6 Å². The fourth-order valence-corrected chi connectivity index (χ4v) is 18.5. The molecule has 19 N–H and O–H groups in total. The van der Waals surface area contributed by atoms with Gasteiger partial charge in [-0.05, 0) is 142 Å². The van der Waals surface area contributed by atoms with Gasteiger partial charge in [0.25, 0.3) is 16.0 Å². The molecule has 0 radical (unpaired) electrons. The Morgan fingerprint density at radius 2 is 1.34 bits per heavy atom. The molecule has 4 aromatic carbocycles. The van der Waals surface area contributed by atoms with Crippen molar-refractivity contribution in [2.75, 3.05) is 148 Å². The number of primary amides is 1. The Morgan fingerprint density at radius 3 is 1.95 bits per heavy atom. The van der Waals surface area contributed by atoms with E-state index >= 15 is 4.39 Å². The van der Waals surface area contributed by atoms with Gasteiger partial charge in [0.15, 0.2) is 0 Å². The smallest absolute Gasteiger partial charge is 0.410 e. The SMILES string of the molecule is CC[C@H](C)[C@@H]([C@@H](CC(=O)N1CCC[C@H]1C[C@@H](C)C(=O)N[C@H](C)[C@@H](O)c1ccccc1)OC)N(C)C(=O)[C@@H](NC(=O)[C@H](C(C)C)N(C)C(=O)OCc1ccc(NC(=O)[C@H](CCCNC(N)=O)NC(=O)[C@@H](NC(=O)[C@H](CS(=O)(=O)O)NC(=O)CCOCCOCCOCCOCCC(=O)NCCNc2ncc(-c3cc(C)cc(F)c3)c(N3CCC(N)CC3)c2-c2nc3ccc(Cl)cc3[nH]2)C(C)C)cc1C(=O)NCCN)C(C)C. The highest BCUT2D eigenvalue weighted by atomic mass is 35.5. The molecule has 45 heteroatoms. The van der Waals surface area contributed by atoms with Gasteiger partial charge in [-0.25, -0.2) is 23.9 Å². The molecule has 0 aliphatic carbocycles. The number of hydrogen-bond acceptors (Lipinski definition) is 27. The van der Waals surface area contributed by atoms with Crippen LogP contribution in [0.2, 0.25) is 5.02 Å². The second-order valence-electron chi connectivity index (χ2n) is 38.1. The highest BCUT2D eigenvalue weighted by Gasteiger charge is 2.43. The predicted molar refractivity (Wildman–Crippen MR) is 551 cm³/mol. The van der Waals surface area contributed by atoms with E-state index < -0.39 is 161 Å². The number of anilines is 3. The van der Waals surface area contributed by atoms with Crippen LogP contribution in [-0.2, 0) is 88.3 Å². The fraction of sp³-hybridized carbons (Fsp3) is 0.584. The lowest BCUT2D eigenvalue weighted by atomic mass is 9.89. The Balaban J connectivity index is 0.779. The Morgan fingerprint density at radius 1 is 0.685 bits per heavy atom. The van der Waals surface area contributed by atoms with Gasteiger partial charge in [-0.1, -0.05) is 123 Å². The van der Waals surface area contributed by atoms with Crippen molar-refractivity contribution in [3.8, 4) is 22.5 Å². The van der Waals surface area contributed by atoms with E-state index in [1.807, 2.05) is 51.1 Å². The lowest BCUT2D eigenvalue weighted by Gasteiger charge is -2.40. The molecule has 0 saturated carbocycles. The van der Waals surface area contributed by atoms with E-state index in [-0.39, 0.29) is 163 Å². The van der Waals surface area contributed by atoms with Gasteiger partial charge >= 0.3 is 12.1 Å². The number of nitrogens with one attached hydrogen (secondary N) is 11. The minimum Gasteiger partial charge on any atom is -0.445 e. The number of ether oxygens (including phenoxy) is 6. The number of H-pyrrole nitrogens is 1. The third-order valence-electron chi connectivity index (χ3n) is 25.7. The van der Waals surface area contributed by atoms with E-state index in [2.05, 4.69) is 63.1 Å². The molecule has 42 nitrogen and oxygen atoms in total. The first kappa shape index (κ1) is 119. The van der Waals surface area contributed by atoms with Crippen LogP contribution in [0.1, 0.15) is 173 Å². The number of methoxy groups -OCH3 is 1. The number of aliphatic hydroxyl groups excluding tert-OH is 1. The first-order valence-corrected chi connectivity index (χ1v) is 51.8. The molecule has 806 valence electrons. The summed E-state index contributed by atoms with van der Waals surface area (Å²) in [6.45, 7) is 21.5. The first-order valence-electron chi connectivity index (χ1n) is 49.8. The van der Waals surface area contributed by atoms with Gasteiger partial charge in [-0.3, -0.25) is 57.4 Å². The van der Waals surface area contributed by atoms with Gasteiger partial charge in [0, 0.05) is 138 Å². The molecule has 2 fully saturated rings. The molecule has 2 aliphatic heterocycles. The van der Waals surface area contributed by atoms with Crippen molar-refractivity contribution in [2.24, 2.45) is 46.8 Å². The summed E-state index contributed by atoms with van der Waals surface area (Å²) in [5.74, 6) is -9.80. The number of likely N-dealkylation sites (tertiary alicyclic amines) is 1. The van der Waals surface area contributed by atoms with E-state index in [9.17, 15) is 75.6 Å². The number of halogens is 2. The molecule has 2 saturated heterocycles. The maximum Gasteiger partial charge on any atom is 0.410 e. The van der Waals surface area contributed by atoms with Crippen molar-refractivity contribution in [1.29, 1.82) is 0 Å². The van der Waals surface area contributed by atoms with Crippen LogP contribution in [0.15, 0.2) is 91.1 Å². The number of urea groups is 1. The number of benzene rings is 4. The van der Waals surface area contributed by atoms with Gasteiger partial charge in [0.05, 0.1) is 106 Å². The number of rotatable bonds is 60. The fourth-order valence-electron chi connectivity index (χ4n) is 17.7. The number of aromatic nitrogens is 3. The van der Waals surface area contributed by atoms with E-state index in [4.69, 9.17) is 67.2 Å². The van der Waals surface area contributed by atoms with Crippen molar-refractivity contribution in [3.63, 3.8) is 0 Å². The molecule has 0 unspecified atom stereocenters. The summed E-state index contributed by atoms with van der Waals surface area (Å²) >= 11 is 6.39. The van der Waals surface area contributed by atoms with Gasteiger partial charge in [-0.2, -0.15) is 8.42 Å². The lowest BCUT2D eigenvalue weighted by Crippen LogP contribution is -2.60. The van der Waals surface area contributed by atoms with Gasteiger partial charge in [-0.15, -0.1) is 0 Å². The van der Waals surface area contributed by atoms with E-state index in [0.717, 1.165) is 41.0 Å². The highest BCUT2D eigenvalue weighted by molar-refractivity contribution is 7.85. The molecule has 2 aliphatic rings. The Kier molecular flexibility index (Phi) is 48.4. The third-order valence-corrected chi connectivity index (χ3v) is 26.7. The standard InChI is InChI=1S/C101H150ClFN20O22S/c1-15-63(9)88(80(140-14)55-83(126)123-38-20-23-73(123)51-64(10)93(128)112-65(11)90(127)66-21-17-16-18-22-66)120(12)99(134)86(60(4)5)119-98(133)87(61(6)7)121(13)101(136)145-57-67-25-27-72(54-74(67)94(129)109-35-33-104)113-95(130)77(24-19-34-110-100(106)135)117-97(132)85(59(2)3)118-96(131)79(58-146(137,138)139)114-82(125)32-42-142-44-46-144-48-47-143-45-43-141-41-31-81(124)107-36-37-108-91-84(92-115-76-28-26-69(102)53-78(76)116-92)89(122-39-29-71(105)30-40-122)75(56-111-91)68-49-62(8)50-70(103)52-68/h16-18,21-22,25-28,49-50,52-54,56,59-61,63-65,71,73,77,79-80,85-88,90,127H,15,19-20,23-24,29-48,51,55,57-58,104-105H2,1-14H3,(H,107,124)(H,108,111)(H,109,129)(H,112,128)(H,113,130)(H,114,125)(H,115,116)(H,117,132)(H,118,131)(H,119,133)(H3,106,110,135)(H,137,138,139)/t63-,64+,65+,73-,77-,79-,80+,85-,86-,87-,88-,90+/m0/s1. The van der Waals surface area contributed by atoms with Gasteiger partial charge in [0.2, 0.25) is 53.2 Å². The zero-order chi connectivity index (χ0) is 107. The molecule has 0 spiro atoms. The molecule has 0 bridgehead atoms. The number of aryl methyl sites for hydroxylation is 1. The number of nitrogens with two attached hydrogens (primary N) is 3. The van der Waals surface area contributed by atoms with Crippen LogP contribution in [0.5, 0.6) is 0 Å². The topological polar surface area (TPSA) is 588 Å². The number of amides is 13. The molecular formula is C101H150ClFN20O22S. The summed E-state index contributed by atoms with van der Waals surface area (Å²) in [6.07, 6.45) is 2.25. The van der Waals surface area contributed by atoms with Crippen LogP contribution in [0, 0.1) is 42.3 Å². The van der Waals surface area contributed by atoms with Crippen molar-refractivity contribution >= 4 is 121 Å². The summed E-state index contributed by atoms with van der Waals surface area (Å²) in [5.41, 5.74) is 23.1. The summed E-state index contributed by atoms with van der Waals surface area (Å²) < 4.78 is 83.9. The number of piperidine rings is 1. The van der Waals surface area contributed by atoms with Crippen molar-refractivity contribution in [2.45, 2.75) is 220 Å².